The van der Waals surface area contributed by atoms with Gasteiger partial charge in [-0.05, 0) is 30.9 Å². The van der Waals surface area contributed by atoms with E-state index < -0.39 is 48.7 Å². The lowest BCUT2D eigenvalue weighted by Gasteiger charge is -2.24. The number of aromatic nitrogens is 2. The second-order valence-electron chi connectivity index (χ2n) is 10.0. The van der Waals surface area contributed by atoms with E-state index in [0.717, 1.165) is 24.2 Å². The molecule has 0 saturated carbocycles. The molecule has 0 bridgehead atoms. The monoisotopic (exact) mass is 593 g/mol. The molecule has 2 heterocycles. The van der Waals surface area contributed by atoms with Crippen molar-refractivity contribution in [3.63, 3.8) is 0 Å². The summed E-state index contributed by atoms with van der Waals surface area (Å²) in [5, 5.41) is 11.9. The highest BCUT2D eigenvalue weighted by Crippen LogP contribution is 2.44. The summed E-state index contributed by atoms with van der Waals surface area (Å²) >= 11 is 0. The molecule has 0 spiro atoms. The van der Waals surface area contributed by atoms with Gasteiger partial charge in [0.2, 0.25) is 6.23 Å². The zero-order valence-corrected chi connectivity index (χ0v) is 23.5. The number of nitrogens with zero attached hydrogens (tertiary/aromatic N) is 2. The third-order valence-corrected chi connectivity index (χ3v) is 6.66. The Bertz CT molecular complexity index is 1240. The summed E-state index contributed by atoms with van der Waals surface area (Å²) in [6.45, 7) is 1.20. The number of ketones is 1. The average Bonchev–Trinajstić information content (AvgIpc) is 3.20. The van der Waals surface area contributed by atoms with Crippen LogP contribution in [0.15, 0.2) is 47.4 Å². The van der Waals surface area contributed by atoms with Crippen LogP contribution in [0.2, 0.25) is 0 Å². The van der Waals surface area contributed by atoms with Crippen molar-refractivity contribution in [2.24, 2.45) is 0 Å². The number of carbonyl (C=O) groups is 3. The zero-order chi connectivity index (χ0) is 30.5. The smallest absolute Gasteiger partial charge is 0.412 e. The molecule has 0 unspecified atom stereocenters. The Labute approximate surface area is 242 Å². The van der Waals surface area contributed by atoms with Gasteiger partial charge in [-0.1, -0.05) is 56.5 Å². The second-order valence-corrected chi connectivity index (χ2v) is 10.0. The highest BCUT2D eigenvalue weighted by Gasteiger charge is 2.62. The number of alkyl halides is 2. The number of halogens is 2. The van der Waals surface area contributed by atoms with Gasteiger partial charge in [-0.3, -0.25) is 19.5 Å². The van der Waals surface area contributed by atoms with Crippen LogP contribution < -0.4 is 11.0 Å². The van der Waals surface area contributed by atoms with Crippen molar-refractivity contribution in [1.82, 2.24) is 9.55 Å². The van der Waals surface area contributed by atoms with Crippen LogP contribution in [-0.4, -0.2) is 63.8 Å². The maximum atomic E-state index is 15.3. The first kappa shape index (κ1) is 32.8. The van der Waals surface area contributed by atoms with Crippen LogP contribution in [0, 0.1) is 0 Å². The number of ether oxygens (including phenoxy) is 3. The molecule has 0 aliphatic carbocycles. The minimum absolute atomic E-state index is 0.124. The third kappa shape index (κ3) is 9.41. The fraction of sp³-hybridized carbons (Fsp3) is 0.552. The highest BCUT2D eigenvalue weighted by atomic mass is 19.3. The van der Waals surface area contributed by atoms with Crippen molar-refractivity contribution in [3.05, 3.63) is 58.6 Å². The number of Topliss-reactive ketones (excluding diaryl/α,β-unsaturated/α-hetero) is 1. The van der Waals surface area contributed by atoms with Crippen LogP contribution in [0.3, 0.4) is 0 Å². The first-order valence-corrected chi connectivity index (χ1v) is 14.1. The molecule has 1 aliphatic heterocycles. The number of benzene rings is 1. The molecule has 230 valence electrons. The molecule has 1 aromatic carbocycles. The number of rotatable bonds is 16. The number of nitrogens with one attached hydrogen (secondary N) is 1. The molecule has 1 aliphatic rings. The quantitative estimate of drug-likeness (QED) is 0.216. The van der Waals surface area contributed by atoms with Crippen molar-refractivity contribution in [3.8, 4) is 0 Å². The normalized spacial score (nSPS) is 19.3. The number of unbranched alkanes of at least 4 members (excludes halogenated alkanes) is 4. The fourth-order valence-corrected chi connectivity index (χ4v) is 4.43. The summed E-state index contributed by atoms with van der Waals surface area (Å²) < 4.78 is 46.3. The molecule has 42 heavy (non-hydrogen) atoms. The number of esters is 1. The molecule has 11 nitrogen and oxygen atoms in total. The van der Waals surface area contributed by atoms with Gasteiger partial charge in [0.1, 0.15) is 17.7 Å². The van der Waals surface area contributed by atoms with Gasteiger partial charge in [0, 0.05) is 25.5 Å². The highest BCUT2D eigenvalue weighted by molar-refractivity contribution is 5.83. The van der Waals surface area contributed by atoms with Crippen molar-refractivity contribution in [1.29, 1.82) is 0 Å². The summed E-state index contributed by atoms with van der Waals surface area (Å²) in [5.41, 5.74) is -0.201. The van der Waals surface area contributed by atoms with Crippen LogP contribution in [0.5, 0.6) is 0 Å². The maximum Gasteiger partial charge on any atom is 0.412 e. The van der Waals surface area contributed by atoms with Crippen molar-refractivity contribution < 1.29 is 42.5 Å². The van der Waals surface area contributed by atoms with Crippen LogP contribution in [0.1, 0.15) is 70.1 Å². The number of anilines is 1. The summed E-state index contributed by atoms with van der Waals surface area (Å²) in [7, 11) is 0. The van der Waals surface area contributed by atoms with E-state index in [1.165, 1.54) is 0 Å². The van der Waals surface area contributed by atoms with E-state index in [9.17, 15) is 24.3 Å². The molecule has 1 aromatic heterocycles. The van der Waals surface area contributed by atoms with Crippen molar-refractivity contribution in [2.75, 3.05) is 18.5 Å². The van der Waals surface area contributed by atoms with Gasteiger partial charge in [-0.2, -0.15) is 13.8 Å². The summed E-state index contributed by atoms with van der Waals surface area (Å²) in [6, 6.07) is 10.5. The summed E-state index contributed by atoms with van der Waals surface area (Å²) in [6.07, 6.45) is -1.39. The topological polar surface area (TPSA) is 146 Å². The average molecular weight is 594 g/mol. The Kier molecular flexibility index (Phi) is 12.5. The Morgan fingerprint density at radius 3 is 2.45 bits per heavy atom. The minimum atomic E-state index is -3.87. The molecule has 2 N–H and O–H groups in total. The maximum absolute atomic E-state index is 15.3. The van der Waals surface area contributed by atoms with Gasteiger partial charge < -0.3 is 19.3 Å². The molecule has 1 fully saturated rings. The van der Waals surface area contributed by atoms with Gasteiger partial charge in [-0.25, -0.2) is 9.59 Å². The van der Waals surface area contributed by atoms with Gasteiger partial charge in [0.05, 0.1) is 13.2 Å². The number of hydrogen-bond acceptors (Lipinski definition) is 9. The zero-order valence-electron chi connectivity index (χ0n) is 23.5. The molecule has 0 radical (unpaired) electrons. The number of amides is 1. The van der Waals surface area contributed by atoms with Crippen molar-refractivity contribution >= 4 is 23.7 Å². The Morgan fingerprint density at radius 1 is 1.07 bits per heavy atom. The molecular weight excluding hydrogens is 556 g/mol. The predicted molar refractivity (Wildman–Crippen MR) is 147 cm³/mol. The van der Waals surface area contributed by atoms with E-state index >= 15 is 8.78 Å². The minimum Gasteiger partial charge on any atom is -0.453 e. The van der Waals surface area contributed by atoms with Crippen LogP contribution in [0.4, 0.5) is 19.4 Å². The third-order valence-electron chi connectivity index (χ3n) is 6.66. The van der Waals surface area contributed by atoms with E-state index in [2.05, 4.69) is 10.3 Å². The molecular formula is C29H37F2N3O8. The van der Waals surface area contributed by atoms with Gasteiger partial charge in [0.25, 0.3) is 0 Å². The molecule has 1 saturated heterocycles. The second kappa shape index (κ2) is 16.1. The number of aliphatic hydroxyl groups is 1. The summed E-state index contributed by atoms with van der Waals surface area (Å²) in [4.78, 5) is 52.3. The SMILES string of the molecule is CCCCOC(=O)Nc1ccn([C@@H]2O[C@H](CO)[C@@H](OC(=O)CCCCCCC(=O)Cc3ccccc3)C2(F)F)c(=O)n1. The van der Waals surface area contributed by atoms with Crippen LogP contribution >= 0.6 is 0 Å². The van der Waals surface area contributed by atoms with Crippen LogP contribution in [0.25, 0.3) is 0 Å². The van der Waals surface area contributed by atoms with Gasteiger partial charge >= 0.3 is 23.7 Å². The van der Waals surface area contributed by atoms with Crippen molar-refractivity contribution in [2.45, 2.75) is 89.1 Å². The number of carbonyl (C=O) groups excluding carboxylic acids is 3. The van der Waals surface area contributed by atoms with Crippen LogP contribution in [-0.2, 0) is 30.2 Å². The molecule has 3 atom stereocenters. The van der Waals surface area contributed by atoms with Gasteiger partial charge in [-0.15, -0.1) is 0 Å². The standard InChI is InChI=1S/C29H37F2N3O8/c1-2-3-17-40-28(39)33-23-15-16-34(27(38)32-23)26-29(30,31)25(22(19-35)41-26)42-24(37)14-10-5-4-9-13-21(36)18-20-11-7-6-8-12-20/h6-8,11-12,15-16,22,25-26,35H,2-5,9-10,13-14,17-19H2,1H3,(H,32,33,38,39)/t22-,25-,26-/m1/s1. The molecule has 1 amide bonds. The first-order valence-electron chi connectivity index (χ1n) is 14.1. The van der Waals surface area contributed by atoms with E-state index in [-0.39, 0.29) is 24.6 Å². The Hall–Kier alpha value is -3.71. The number of hydrogen-bond donors (Lipinski definition) is 2. The molecule has 2 aromatic rings. The predicted octanol–water partition coefficient (Wildman–Crippen LogP) is 4.18. The molecule has 3 rings (SSSR count). The van der Waals surface area contributed by atoms with E-state index in [0.29, 0.717) is 49.5 Å². The van der Waals surface area contributed by atoms with Gasteiger partial charge in [0.15, 0.2) is 6.10 Å². The largest absolute Gasteiger partial charge is 0.453 e. The lowest BCUT2D eigenvalue weighted by atomic mass is 10.0. The van der Waals surface area contributed by atoms with E-state index in [1.54, 1.807) is 0 Å². The Morgan fingerprint density at radius 2 is 1.79 bits per heavy atom. The fourth-order valence-electron chi connectivity index (χ4n) is 4.43. The summed E-state index contributed by atoms with van der Waals surface area (Å²) in [5.74, 6) is -4.85. The van der Waals surface area contributed by atoms with E-state index in [4.69, 9.17) is 14.2 Å². The number of aliphatic hydroxyl groups excluding tert-OH is 1. The lowest BCUT2D eigenvalue weighted by molar-refractivity contribution is -0.176. The van der Waals surface area contributed by atoms with E-state index in [1.807, 2.05) is 37.3 Å². The molecule has 13 heteroatoms. The Balaban J connectivity index is 1.47. The lowest BCUT2D eigenvalue weighted by Crippen LogP contribution is -2.44. The first-order chi connectivity index (χ1) is 20.1.